The molecule has 0 aliphatic carbocycles. The van der Waals surface area contributed by atoms with E-state index in [0.717, 1.165) is 23.3 Å². The van der Waals surface area contributed by atoms with Crippen LogP contribution in [0.1, 0.15) is 69.9 Å². The van der Waals surface area contributed by atoms with Gasteiger partial charge in [-0.2, -0.15) is 0 Å². The second kappa shape index (κ2) is 13.1. The fourth-order valence-corrected chi connectivity index (χ4v) is 3.23. The summed E-state index contributed by atoms with van der Waals surface area (Å²) < 4.78 is 0. The van der Waals surface area contributed by atoms with E-state index in [1.165, 1.54) is 38.5 Å². The molecule has 2 nitrogen and oxygen atoms in total. The maximum absolute atomic E-state index is 10.5. The highest BCUT2D eigenvalue weighted by molar-refractivity contribution is 6.12. The lowest BCUT2D eigenvalue weighted by molar-refractivity contribution is 0.199. The van der Waals surface area contributed by atoms with Crippen molar-refractivity contribution in [3.05, 3.63) is 83.9 Å². The van der Waals surface area contributed by atoms with Crippen LogP contribution >= 0.6 is 0 Å². The molecule has 1 N–H and O–H groups in total. The lowest BCUT2D eigenvalue weighted by Gasteiger charge is -2.15. The molecule has 0 heterocycles. The largest absolute Gasteiger partial charge is 0.387 e. The van der Waals surface area contributed by atoms with Crippen LogP contribution in [0, 0.1) is 0 Å². The van der Waals surface area contributed by atoms with Crippen LogP contribution in [0.15, 0.2) is 77.8 Å². The van der Waals surface area contributed by atoms with Gasteiger partial charge in [-0.05, 0) is 19.8 Å². The minimum absolute atomic E-state index is 0.198. The molecule has 150 valence electrons. The minimum Gasteiger partial charge on any atom is -0.387 e. The van der Waals surface area contributed by atoms with Crippen LogP contribution in [-0.4, -0.2) is 23.0 Å². The van der Waals surface area contributed by atoms with Crippen molar-refractivity contribution in [3.8, 4) is 0 Å². The van der Waals surface area contributed by atoms with Crippen molar-refractivity contribution in [1.29, 1.82) is 0 Å². The highest BCUT2D eigenvalue weighted by Crippen LogP contribution is 2.14. The summed E-state index contributed by atoms with van der Waals surface area (Å²) in [6, 6.07) is 20.2. The number of aliphatic hydroxyl groups is 1. The number of nitrogens with zero attached hydrogens (tertiary/aromatic N) is 1. The van der Waals surface area contributed by atoms with Gasteiger partial charge >= 0.3 is 0 Å². The summed E-state index contributed by atoms with van der Waals surface area (Å²) in [7, 11) is 0. The molecule has 2 aromatic rings. The topological polar surface area (TPSA) is 32.6 Å². The maximum atomic E-state index is 10.5. The van der Waals surface area contributed by atoms with Gasteiger partial charge in [-0.1, -0.05) is 112 Å². The summed E-state index contributed by atoms with van der Waals surface area (Å²) >= 11 is 0. The van der Waals surface area contributed by atoms with Crippen molar-refractivity contribution in [1.82, 2.24) is 0 Å². The van der Waals surface area contributed by atoms with Crippen LogP contribution in [0.4, 0.5) is 0 Å². The van der Waals surface area contributed by atoms with Crippen LogP contribution < -0.4 is 0 Å². The number of benzene rings is 2. The Bertz CT molecular complexity index is 664. The molecule has 2 rings (SSSR count). The molecule has 0 saturated carbocycles. The van der Waals surface area contributed by atoms with Gasteiger partial charge < -0.3 is 5.11 Å². The Morgan fingerprint density at radius 1 is 0.857 bits per heavy atom. The fraction of sp³-hybridized carbons (Fsp3) is 0.423. The second-order valence-electron chi connectivity index (χ2n) is 7.43. The first-order valence-corrected chi connectivity index (χ1v) is 10.8. The van der Waals surface area contributed by atoms with Crippen molar-refractivity contribution >= 4 is 5.71 Å². The Hall–Kier alpha value is -2.19. The molecule has 0 saturated heterocycles. The molecule has 0 spiro atoms. The van der Waals surface area contributed by atoms with E-state index in [1.54, 1.807) is 0 Å². The zero-order valence-electron chi connectivity index (χ0n) is 17.4. The van der Waals surface area contributed by atoms with Crippen LogP contribution in [-0.2, 0) is 0 Å². The first-order valence-electron chi connectivity index (χ1n) is 10.8. The van der Waals surface area contributed by atoms with Crippen molar-refractivity contribution < 1.29 is 5.11 Å². The van der Waals surface area contributed by atoms with E-state index in [-0.39, 0.29) is 6.04 Å². The zero-order valence-corrected chi connectivity index (χ0v) is 17.4. The third-order valence-electron chi connectivity index (χ3n) is 4.98. The molecule has 0 unspecified atom stereocenters. The maximum Gasteiger partial charge on any atom is 0.0941 e. The van der Waals surface area contributed by atoms with Crippen molar-refractivity contribution in [2.45, 2.75) is 70.9 Å². The molecular formula is C26H35NO. The number of hydrogen-bond acceptors (Lipinski definition) is 2. The predicted molar refractivity (Wildman–Crippen MR) is 121 cm³/mol. The van der Waals surface area contributed by atoms with Crippen LogP contribution in [0.5, 0.6) is 0 Å². The SMILES string of the molecule is CCCCCCCC/C=C/[C@H](O)[C@H](C)N=C(c1ccccc1)c1ccccc1. The Morgan fingerprint density at radius 3 is 1.96 bits per heavy atom. The lowest BCUT2D eigenvalue weighted by atomic mass is 10.0. The van der Waals surface area contributed by atoms with E-state index in [1.807, 2.05) is 49.4 Å². The lowest BCUT2D eigenvalue weighted by Crippen LogP contribution is -2.21. The summed E-state index contributed by atoms with van der Waals surface area (Å²) in [6.07, 6.45) is 12.3. The number of allylic oxidation sites excluding steroid dienone is 1. The number of aliphatic imine (C=N–C) groups is 1. The average molecular weight is 378 g/mol. The molecule has 2 heteroatoms. The Kier molecular flexibility index (Phi) is 10.3. The molecule has 0 amide bonds. The van der Waals surface area contributed by atoms with E-state index in [9.17, 15) is 5.11 Å². The second-order valence-corrected chi connectivity index (χ2v) is 7.43. The van der Waals surface area contributed by atoms with Gasteiger partial charge in [0.25, 0.3) is 0 Å². The Labute approximate surface area is 171 Å². The Balaban J connectivity index is 1.96. The van der Waals surface area contributed by atoms with Crippen LogP contribution in [0.2, 0.25) is 0 Å². The molecule has 2 aromatic carbocycles. The highest BCUT2D eigenvalue weighted by Gasteiger charge is 2.13. The molecular weight excluding hydrogens is 342 g/mol. The van der Waals surface area contributed by atoms with Gasteiger partial charge in [-0.25, -0.2) is 0 Å². The van der Waals surface area contributed by atoms with Crippen molar-refractivity contribution in [2.24, 2.45) is 4.99 Å². The summed E-state index contributed by atoms with van der Waals surface area (Å²) in [4.78, 5) is 4.88. The summed E-state index contributed by atoms with van der Waals surface area (Å²) in [5.74, 6) is 0. The van der Waals surface area contributed by atoms with Crippen molar-refractivity contribution in [3.63, 3.8) is 0 Å². The van der Waals surface area contributed by atoms with Crippen molar-refractivity contribution in [2.75, 3.05) is 0 Å². The number of aliphatic hydroxyl groups excluding tert-OH is 1. The van der Waals surface area contributed by atoms with Gasteiger partial charge in [-0.15, -0.1) is 0 Å². The monoisotopic (exact) mass is 377 g/mol. The van der Waals surface area contributed by atoms with E-state index >= 15 is 0 Å². The van der Waals surface area contributed by atoms with E-state index in [2.05, 4.69) is 37.3 Å². The Morgan fingerprint density at radius 2 is 1.39 bits per heavy atom. The van der Waals surface area contributed by atoms with Gasteiger partial charge in [0.2, 0.25) is 0 Å². The van der Waals surface area contributed by atoms with Gasteiger partial charge in [0.1, 0.15) is 0 Å². The zero-order chi connectivity index (χ0) is 20.0. The van der Waals surface area contributed by atoms with Gasteiger partial charge in [0, 0.05) is 11.1 Å². The smallest absolute Gasteiger partial charge is 0.0941 e. The molecule has 2 atom stereocenters. The number of hydrogen-bond donors (Lipinski definition) is 1. The third-order valence-corrected chi connectivity index (χ3v) is 4.98. The van der Waals surface area contributed by atoms with E-state index in [4.69, 9.17) is 4.99 Å². The average Bonchev–Trinajstić information content (AvgIpc) is 2.74. The standard InChI is InChI=1S/C26H35NO/c1-3-4-5-6-7-8-9-16-21-25(28)22(2)27-26(23-17-12-10-13-18-23)24-19-14-11-15-20-24/h10-22,25,28H,3-9H2,1-2H3/b21-16+/t22-,25-/m0/s1. The van der Waals surface area contributed by atoms with Gasteiger partial charge in [0.15, 0.2) is 0 Å². The minimum atomic E-state index is -0.567. The number of rotatable bonds is 12. The molecule has 0 aromatic heterocycles. The van der Waals surface area contributed by atoms with E-state index in [0.29, 0.717) is 0 Å². The quantitative estimate of drug-likeness (QED) is 0.253. The molecule has 0 aliphatic heterocycles. The van der Waals surface area contributed by atoms with Crippen LogP contribution in [0.3, 0.4) is 0 Å². The third kappa shape index (κ3) is 7.82. The van der Waals surface area contributed by atoms with E-state index < -0.39 is 6.10 Å². The molecule has 0 fully saturated rings. The molecule has 28 heavy (non-hydrogen) atoms. The number of unbranched alkanes of at least 4 members (excludes halogenated alkanes) is 6. The summed E-state index contributed by atoms with van der Waals surface area (Å²) in [5.41, 5.74) is 3.07. The molecule has 0 radical (unpaired) electrons. The first kappa shape index (κ1) is 22.1. The van der Waals surface area contributed by atoms with Crippen LogP contribution in [0.25, 0.3) is 0 Å². The summed E-state index contributed by atoms with van der Waals surface area (Å²) in [5, 5.41) is 10.5. The van der Waals surface area contributed by atoms with Gasteiger partial charge in [0.05, 0.1) is 17.9 Å². The predicted octanol–water partition coefficient (Wildman–Crippen LogP) is 6.58. The van der Waals surface area contributed by atoms with Gasteiger partial charge in [-0.3, -0.25) is 4.99 Å². The normalized spacial score (nSPS) is 13.4. The first-order chi connectivity index (χ1) is 13.7. The molecule has 0 bridgehead atoms. The summed E-state index contributed by atoms with van der Waals surface area (Å²) in [6.45, 7) is 4.22. The molecule has 0 aliphatic rings. The highest BCUT2D eigenvalue weighted by atomic mass is 16.3. The fourth-order valence-electron chi connectivity index (χ4n) is 3.23.